The Hall–Kier alpha value is -2.44. The zero-order valence-corrected chi connectivity index (χ0v) is 14.2. The van der Waals surface area contributed by atoms with Crippen molar-refractivity contribution in [1.29, 1.82) is 0 Å². The largest absolute Gasteiger partial charge is 0.378 e. The minimum Gasteiger partial charge on any atom is -0.378 e. The molecule has 1 amide bonds. The molecule has 132 valence electrons. The third-order valence-corrected chi connectivity index (χ3v) is 4.25. The molecule has 1 aromatic carbocycles. The fourth-order valence-electron chi connectivity index (χ4n) is 2.82. The predicted molar refractivity (Wildman–Crippen MR) is 97.2 cm³/mol. The standard InChI is InChI=1S/C19H24N4O2/c20-17(12-15-4-2-1-3-5-15)19(24)22-14-16-6-7-21-18(13-16)23-8-10-25-11-9-23/h1-7,13,17H,8-12,14,20H2,(H,22,24). The lowest BCUT2D eigenvalue weighted by Crippen LogP contribution is -2.41. The van der Waals surface area contributed by atoms with E-state index in [2.05, 4.69) is 15.2 Å². The van der Waals surface area contributed by atoms with E-state index in [-0.39, 0.29) is 5.91 Å². The molecule has 2 aromatic rings. The number of amides is 1. The number of benzene rings is 1. The van der Waals surface area contributed by atoms with Crippen LogP contribution in [0.2, 0.25) is 0 Å². The van der Waals surface area contributed by atoms with Gasteiger partial charge in [-0.2, -0.15) is 0 Å². The highest BCUT2D eigenvalue weighted by Gasteiger charge is 2.15. The molecule has 0 spiro atoms. The van der Waals surface area contributed by atoms with Crippen LogP contribution in [0.3, 0.4) is 0 Å². The van der Waals surface area contributed by atoms with Crippen molar-refractivity contribution in [1.82, 2.24) is 10.3 Å². The third kappa shape index (κ3) is 5.01. The van der Waals surface area contributed by atoms with Crippen LogP contribution in [0.15, 0.2) is 48.7 Å². The van der Waals surface area contributed by atoms with Gasteiger partial charge in [0.05, 0.1) is 19.3 Å². The Morgan fingerprint density at radius 1 is 1.20 bits per heavy atom. The SMILES string of the molecule is NC(Cc1ccccc1)C(=O)NCc1ccnc(N2CCOCC2)c1. The van der Waals surface area contributed by atoms with Gasteiger partial charge in [-0.25, -0.2) is 4.98 Å². The Morgan fingerprint density at radius 3 is 2.72 bits per heavy atom. The molecule has 1 aromatic heterocycles. The number of morpholine rings is 1. The van der Waals surface area contributed by atoms with Crippen molar-refractivity contribution in [3.8, 4) is 0 Å². The van der Waals surface area contributed by atoms with E-state index in [4.69, 9.17) is 10.5 Å². The molecule has 6 nitrogen and oxygen atoms in total. The van der Waals surface area contributed by atoms with Gasteiger partial charge in [-0.15, -0.1) is 0 Å². The molecule has 1 aliphatic rings. The molecule has 0 bridgehead atoms. The first-order chi connectivity index (χ1) is 12.2. The topological polar surface area (TPSA) is 80.5 Å². The van der Waals surface area contributed by atoms with Gasteiger partial charge in [0.1, 0.15) is 5.82 Å². The summed E-state index contributed by atoms with van der Waals surface area (Å²) in [4.78, 5) is 18.8. The zero-order chi connectivity index (χ0) is 17.5. The molecular weight excluding hydrogens is 316 g/mol. The van der Waals surface area contributed by atoms with Crippen molar-refractivity contribution in [2.45, 2.75) is 19.0 Å². The van der Waals surface area contributed by atoms with Crippen LogP contribution < -0.4 is 16.0 Å². The second kappa shape index (κ2) is 8.60. The van der Waals surface area contributed by atoms with Crippen molar-refractivity contribution in [2.24, 2.45) is 5.73 Å². The van der Waals surface area contributed by atoms with Crippen molar-refractivity contribution in [3.63, 3.8) is 0 Å². The van der Waals surface area contributed by atoms with Crippen molar-refractivity contribution in [3.05, 3.63) is 59.8 Å². The second-order valence-electron chi connectivity index (χ2n) is 6.14. The van der Waals surface area contributed by atoms with Gasteiger partial charge in [0.2, 0.25) is 5.91 Å². The smallest absolute Gasteiger partial charge is 0.237 e. The van der Waals surface area contributed by atoms with Gasteiger partial charge >= 0.3 is 0 Å². The van der Waals surface area contributed by atoms with Crippen LogP contribution in [0, 0.1) is 0 Å². The van der Waals surface area contributed by atoms with Gasteiger partial charge in [0.15, 0.2) is 0 Å². The molecule has 3 rings (SSSR count). The Morgan fingerprint density at radius 2 is 1.96 bits per heavy atom. The highest BCUT2D eigenvalue weighted by atomic mass is 16.5. The van der Waals surface area contributed by atoms with Crippen molar-refractivity contribution >= 4 is 11.7 Å². The lowest BCUT2D eigenvalue weighted by Gasteiger charge is -2.28. The molecule has 1 unspecified atom stereocenters. The molecular formula is C19H24N4O2. The molecule has 6 heteroatoms. The molecule has 1 fully saturated rings. The first-order valence-corrected chi connectivity index (χ1v) is 8.57. The number of aromatic nitrogens is 1. The van der Waals surface area contributed by atoms with Crippen LogP contribution in [0.25, 0.3) is 0 Å². The highest BCUT2D eigenvalue weighted by molar-refractivity contribution is 5.81. The minimum atomic E-state index is -0.553. The van der Waals surface area contributed by atoms with Crippen LogP contribution in [0.1, 0.15) is 11.1 Å². The lowest BCUT2D eigenvalue weighted by atomic mass is 10.1. The van der Waals surface area contributed by atoms with Gasteiger partial charge in [0, 0.05) is 25.8 Å². The summed E-state index contributed by atoms with van der Waals surface area (Å²) in [6, 6.07) is 13.2. The summed E-state index contributed by atoms with van der Waals surface area (Å²) in [6.45, 7) is 3.56. The number of nitrogens with two attached hydrogens (primary N) is 1. The van der Waals surface area contributed by atoms with Crippen LogP contribution in [-0.4, -0.2) is 43.2 Å². The maximum atomic E-state index is 12.2. The van der Waals surface area contributed by atoms with Crippen molar-refractivity contribution in [2.75, 3.05) is 31.2 Å². The first kappa shape index (κ1) is 17.4. The molecule has 2 heterocycles. The number of nitrogens with zero attached hydrogens (tertiary/aromatic N) is 2. The first-order valence-electron chi connectivity index (χ1n) is 8.57. The number of carbonyl (C=O) groups is 1. The number of carbonyl (C=O) groups excluding carboxylic acids is 1. The summed E-state index contributed by atoms with van der Waals surface area (Å²) in [7, 11) is 0. The molecule has 3 N–H and O–H groups in total. The fourth-order valence-corrected chi connectivity index (χ4v) is 2.82. The average molecular weight is 340 g/mol. The predicted octanol–water partition coefficient (Wildman–Crippen LogP) is 1.10. The zero-order valence-electron chi connectivity index (χ0n) is 14.2. The highest BCUT2D eigenvalue weighted by Crippen LogP contribution is 2.14. The normalized spacial score (nSPS) is 15.6. The number of ether oxygens (including phenoxy) is 1. The van der Waals surface area contributed by atoms with Crippen LogP contribution in [0.5, 0.6) is 0 Å². The molecule has 1 saturated heterocycles. The Bertz CT molecular complexity index is 687. The Labute approximate surface area is 148 Å². The second-order valence-corrected chi connectivity index (χ2v) is 6.14. The summed E-state index contributed by atoms with van der Waals surface area (Å²) >= 11 is 0. The molecule has 1 atom stereocenters. The van der Waals surface area contributed by atoms with E-state index in [1.807, 2.05) is 42.5 Å². The monoisotopic (exact) mass is 340 g/mol. The maximum absolute atomic E-state index is 12.2. The van der Waals surface area contributed by atoms with E-state index in [0.717, 1.165) is 43.2 Å². The quantitative estimate of drug-likeness (QED) is 0.823. The van der Waals surface area contributed by atoms with Crippen LogP contribution in [0.4, 0.5) is 5.82 Å². The minimum absolute atomic E-state index is 0.145. The van der Waals surface area contributed by atoms with E-state index in [1.54, 1.807) is 6.20 Å². The number of pyridine rings is 1. The average Bonchev–Trinajstić information content (AvgIpc) is 2.68. The molecule has 0 saturated carbocycles. The van der Waals surface area contributed by atoms with Gasteiger partial charge < -0.3 is 20.7 Å². The summed E-state index contributed by atoms with van der Waals surface area (Å²) < 4.78 is 5.37. The fraction of sp³-hybridized carbons (Fsp3) is 0.368. The summed E-state index contributed by atoms with van der Waals surface area (Å²) in [5.41, 5.74) is 8.08. The maximum Gasteiger partial charge on any atom is 0.237 e. The van der Waals surface area contributed by atoms with E-state index in [9.17, 15) is 4.79 Å². The number of rotatable bonds is 6. The van der Waals surface area contributed by atoms with E-state index in [1.165, 1.54) is 0 Å². The molecule has 25 heavy (non-hydrogen) atoms. The van der Waals surface area contributed by atoms with Gasteiger partial charge in [-0.3, -0.25) is 4.79 Å². The third-order valence-electron chi connectivity index (χ3n) is 4.25. The summed E-state index contributed by atoms with van der Waals surface area (Å²) in [5, 5.41) is 2.91. The number of hydrogen-bond donors (Lipinski definition) is 2. The number of nitrogens with one attached hydrogen (secondary N) is 1. The molecule has 0 aliphatic carbocycles. The Kier molecular flexibility index (Phi) is 5.98. The van der Waals surface area contributed by atoms with Gasteiger partial charge in [-0.05, 0) is 29.7 Å². The lowest BCUT2D eigenvalue weighted by molar-refractivity contribution is -0.122. The Balaban J connectivity index is 1.53. The van der Waals surface area contributed by atoms with Crippen LogP contribution >= 0.6 is 0 Å². The number of hydrogen-bond acceptors (Lipinski definition) is 5. The van der Waals surface area contributed by atoms with E-state index in [0.29, 0.717) is 13.0 Å². The molecule has 0 radical (unpaired) electrons. The summed E-state index contributed by atoms with van der Waals surface area (Å²) in [5.74, 6) is 0.775. The summed E-state index contributed by atoms with van der Waals surface area (Å²) in [6.07, 6.45) is 2.30. The van der Waals surface area contributed by atoms with E-state index >= 15 is 0 Å². The molecule has 1 aliphatic heterocycles. The number of anilines is 1. The van der Waals surface area contributed by atoms with Crippen molar-refractivity contribution < 1.29 is 9.53 Å². The van der Waals surface area contributed by atoms with Gasteiger partial charge in [0.25, 0.3) is 0 Å². The van der Waals surface area contributed by atoms with Crippen LogP contribution in [-0.2, 0) is 22.5 Å². The van der Waals surface area contributed by atoms with Gasteiger partial charge in [-0.1, -0.05) is 30.3 Å². The van der Waals surface area contributed by atoms with E-state index < -0.39 is 6.04 Å².